The molecular formula is C24H41N7O2. The van der Waals surface area contributed by atoms with Gasteiger partial charge in [0.25, 0.3) is 0 Å². The number of anilines is 1. The number of fused-ring (bicyclic) bond motifs is 1. The minimum Gasteiger partial charge on any atom is -0.454 e. The molecule has 4 atom stereocenters. The van der Waals surface area contributed by atoms with Crippen molar-refractivity contribution < 1.29 is 9.47 Å². The normalized spacial score (nSPS) is 32.4. The first-order valence-corrected chi connectivity index (χ1v) is 12.8. The molecule has 4 aliphatic rings. The number of hydrogen-bond donors (Lipinski definition) is 3. The van der Waals surface area contributed by atoms with Crippen molar-refractivity contribution in [2.24, 2.45) is 17.2 Å². The van der Waals surface area contributed by atoms with E-state index in [4.69, 9.17) is 26.7 Å². The van der Waals surface area contributed by atoms with E-state index in [0.717, 1.165) is 49.7 Å². The quantitative estimate of drug-likeness (QED) is 0.568. The highest BCUT2D eigenvalue weighted by atomic mass is 16.7. The number of nitrogens with zero attached hydrogens (tertiary/aromatic N) is 4. The Morgan fingerprint density at radius 2 is 1.64 bits per heavy atom. The maximum absolute atomic E-state index is 6.98. The lowest BCUT2D eigenvalue weighted by atomic mass is 10.1. The predicted molar refractivity (Wildman–Crippen MR) is 129 cm³/mol. The summed E-state index contributed by atoms with van der Waals surface area (Å²) in [5.41, 5.74) is 21.8. The smallest absolute Gasteiger partial charge is 0.231 e. The van der Waals surface area contributed by atoms with Crippen LogP contribution in [0.1, 0.15) is 58.3 Å². The summed E-state index contributed by atoms with van der Waals surface area (Å²) in [4.78, 5) is 9.25. The molecule has 3 heterocycles. The molecule has 0 amide bonds. The molecule has 2 saturated heterocycles. The van der Waals surface area contributed by atoms with Crippen LogP contribution in [0.5, 0.6) is 11.5 Å². The third kappa shape index (κ3) is 4.42. The molecule has 1 aromatic carbocycles. The second-order valence-electron chi connectivity index (χ2n) is 9.90. The molecule has 3 fully saturated rings. The van der Waals surface area contributed by atoms with Gasteiger partial charge in [0.15, 0.2) is 11.5 Å². The second kappa shape index (κ2) is 9.93. The van der Waals surface area contributed by atoms with E-state index in [1.54, 1.807) is 0 Å². The fraction of sp³-hybridized carbons (Fsp3) is 0.750. The summed E-state index contributed by atoms with van der Waals surface area (Å²) in [6, 6.07) is 6.80. The van der Waals surface area contributed by atoms with Crippen LogP contribution in [-0.4, -0.2) is 72.1 Å². The van der Waals surface area contributed by atoms with E-state index in [2.05, 4.69) is 26.5 Å². The summed E-state index contributed by atoms with van der Waals surface area (Å²) in [6.45, 7) is 5.53. The maximum atomic E-state index is 6.98. The molecule has 0 spiro atoms. The van der Waals surface area contributed by atoms with Gasteiger partial charge >= 0.3 is 0 Å². The van der Waals surface area contributed by atoms with Crippen LogP contribution in [0.3, 0.4) is 0 Å². The van der Waals surface area contributed by atoms with Gasteiger partial charge in [0.1, 0.15) is 18.9 Å². The van der Waals surface area contributed by atoms with Crippen molar-refractivity contribution in [3.63, 3.8) is 0 Å². The van der Waals surface area contributed by atoms with Crippen molar-refractivity contribution in [2.75, 3.05) is 31.3 Å². The van der Waals surface area contributed by atoms with Crippen LogP contribution in [0, 0.1) is 0 Å². The second-order valence-corrected chi connectivity index (χ2v) is 9.90. The topological polar surface area (TPSA) is 109 Å². The van der Waals surface area contributed by atoms with Crippen molar-refractivity contribution in [3.8, 4) is 11.5 Å². The highest BCUT2D eigenvalue weighted by Crippen LogP contribution is 2.38. The molecule has 0 bridgehead atoms. The number of nitrogens with two attached hydrogens (primary N) is 3. The zero-order valence-electron chi connectivity index (χ0n) is 19.9. The highest BCUT2D eigenvalue weighted by molar-refractivity contribution is 5.58. The number of likely N-dealkylation sites (N-methyl/N-ethyl adjacent to an activating group) is 1. The van der Waals surface area contributed by atoms with E-state index in [0.29, 0.717) is 12.1 Å². The molecule has 1 aliphatic carbocycles. The lowest BCUT2D eigenvalue weighted by Crippen LogP contribution is -2.80. The Balaban J connectivity index is 1.47. The molecule has 0 radical (unpaired) electrons. The average molecular weight is 460 g/mol. The first-order valence-electron chi connectivity index (χ1n) is 12.8. The monoisotopic (exact) mass is 459 g/mol. The van der Waals surface area contributed by atoms with Gasteiger partial charge in [0.2, 0.25) is 6.79 Å². The van der Waals surface area contributed by atoms with Crippen LogP contribution in [0.4, 0.5) is 5.69 Å². The first-order chi connectivity index (χ1) is 16.1. The number of rotatable bonds is 5. The van der Waals surface area contributed by atoms with Crippen molar-refractivity contribution in [1.82, 2.24) is 14.7 Å². The molecule has 0 aromatic heterocycles. The molecular weight excluding hydrogens is 418 g/mol. The van der Waals surface area contributed by atoms with Crippen molar-refractivity contribution in [1.29, 1.82) is 0 Å². The maximum Gasteiger partial charge on any atom is 0.231 e. The third-order valence-corrected chi connectivity index (χ3v) is 8.09. The van der Waals surface area contributed by atoms with Gasteiger partial charge in [-0.1, -0.05) is 32.6 Å². The number of likely N-dealkylation sites (tertiary alicyclic amines) is 1. The molecule has 6 N–H and O–H groups in total. The Hall–Kier alpha value is -1.62. The van der Waals surface area contributed by atoms with Crippen molar-refractivity contribution in [2.45, 2.75) is 89.2 Å². The standard InChI is InChI=1S/C24H41N7O2/c1-2-28-13-7-10-19(28)15-29-22(25)30(17-8-5-3-4-6-9-17)24(27)31(23(29)26)18-11-12-20-21(14-18)33-16-32-20/h11-12,14,17,19,22-24H,2-10,13,15-16,25-27H2,1H3. The van der Waals surface area contributed by atoms with Gasteiger partial charge in [-0.05, 0) is 50.9 Å². The fourth-order valence-corrected chi connectivity index (χ4v) is 6.26. The molecule has 3 aliphatic heterocycles. The summed E-state index contributed by atoms with van der Waals surface area (Å²) in [5.74, 6) is 1.50. The third-order valence-electron chi connectivity index (χ3n) is 8.09. The molecule has 1 aromatic rings. The van der Waals surface area contributed by atoms with Gasteiger partial charge in [0, 0.05) is 30.4 Å². The van der Waals surface area contributed by atoms with Crippen molar-refractivity contribution >= 4 is 5.69 Å². The van der Waals surface area contributed by atoms with Crippen LogP contribution in [-0.2, 0) is 0 Å². The first kappa shape index (κ1) is 23.1. The predicted octanol–water partition coefficient (Wildman–Crippen LogP) is 1.77. The Labute approximate surface area is 197 Å². The Morgan fingerprint density at radius 3 is 2.39 bits per heavy atom. The minimum atomic E-state index is -0.420. The summed E-state index contributed by atoms with van der Waals surface area (Å²) >= 11 is 0. The van der Waals surface area contributed by atoms with Gasteiger partial charge in [-0.15, -0.1) is 0 Å². The molecule has 33 heavy (non-hydrogen) atoms. The molecule has 9 nitrogen and oxygen atoms in total. The van der Waals surface area contributed by atoms with E-state index < -0.39 is 12.6 Å². The summed E-state index contributed by atoms with van der Waals surface area (Å²) < 4.78 is 11.2. The lowest BCUT2D eigenvalue weighted by molar-refractivity contribution is -0.0917. The number of ether oxygens (including phenoxy) is 2. The van der Waals surface area contributed by atoms with Crippen molar-refractivity contribution in [3.05, 3.63) is 18.2 Å². The number of benzene rings is 1. The van der Waals surface area contributed by atoms with Gasteiger partial charge in [-0.25, -0.2) is 9.80 Å². The summed E-state index contributed by atoms with van der Waals surface area (Å²) in [7, 11) is 0. The van der Waals surface area contributed by atoms with Crippen LogP contribution in [0.25, 0.3) is 0 Å². The Bertz CT molecular complexity index is 803. The molecule has 9 heteroatoms. The highest BCUT2D eigenvalue weighted by Gasteiger charge is 2.46. The molecule has 184 valence electrons. The molecule has 4 unspecified atom stereocenters. The number of hydrogen-bond acceptors (Lipinski definition) is 9. The van der Waals surface area contributed by atoms with E-state index in [-0.39, 0.29) is 13.1 Å². The van der Waals surface area contributed by atoms with Gasteiger partial charge in [-0.2, -0.15) is 0 Å². The zero-order valence-corrected chi connectivity index (χ0v) is 19.9. The van der Waals surface area contributed by atoms with Crippen LogP contribution in [0.2, 0.25) is 0 Å². The van der Waals surface area contributed by atoms with E-state index >= 15 is 0 Å². The lowest BCUT2D eigenvalue weighted by Gasteiger charge is -2.57. The Kier molecular flexibility index (Phi) is 6.96. The minimum absolute atomic E-state index is 0.247. The van der Waals surface area contributed by atoms with Crippen LogP contribution >= 0.6 is 0 Å². The van der Waals surface area contributed by atoms with E-state index in [1.165, 1.54) is 38.5 Å². The molecule has 5 rings (SSSR count). The van der Waals surface area contributed by atoms with Crippen LogP contribution in [0.15, 0.2) is 18.2 Å². The van der Waals surface area contributed by atoms with Crippen LogP contribution < -0.4 is 31.6 Å². The summed E-state index contributed by atoms with van der Waals surface area (Å²) in [6.07, 6.45) is 8.58. The zero-order chi connectivity index (χ0) is 22.9. The van der Waals surface area contributed by atoms with Gasteiger partial charge in [0.05, 0.1) is 0 Å². The van der Waals surface area contributed by atoms with E-state index in [1.807, 2.05) is 18.2 Å². The molecule has 1 saturated carbocycles. The summed E-state index contributed by atoms with van der Waals surface area (Å²) in [5, 5.41) is 0. The SMILES string of the molecule is CCN1CCCC1CN1C(N)N(c2ccc3c(c2)OCO3)C(N)N(C2CCCCCC2)C1N. The fourth-order valence-electron chi connectivity index (χ4n) is 6.26. The van der Waals surface area contributed by atoms with Gasteiger partial charge < -0.3 is 20.1 Å². The van der Waals surface area contributed by atoms with E-state index in [9.17, 15) is 0 Å². The Morgan fingerprint density at radius 1 is 0.879 bits per heavy atom. The average Bonchev–Trinajstić information content (AvgIpc) is 3.39. The largest absolute Gasteiger partial charge is 0.454 e. The van der Waals surface area contributed by atoms with Gasteiger partial charge in [-0.3, -0.25) is 16.4 Å².